The standard InChI is InChI=1S/C20H25N3O3/c1-25-19-8-3-2-5-16(19)9-10-21-20(24)22-17-6-4-7-18(15-17)23-11-13-26-14-12-23/h2-8,15H,9-14H2,1H3,(H2,21,22,24). The zero-order valence-corrected chi connectivity index (χ0v) is 15.0. The van der Waals surface area contributed by atoms with Crippen molar-refractivity contribution in [2.75, 3.05) is 50.2 Å². The van der Waals surface area contributed by atoms with Gasteiger partial charge in [-0.1, -0.05) is 24.3 Å². The zero-order chi connectivity index (χ0) is 18.2. The number of ether oxygens (including phenoxy) is 2. The zero-order valence-electron chi connectivity index (χ0n) is 15.0. The average molecular weight is 355 g/mol. The van der Waals surface area contributed by atoms with E-state index >= 15 is 0 Å². The van der Waals surface area contributed by atoms with Crippen LogP contribution in [0.25, 0.3) is 0 Å². The van der Waals surface area contributed by atoms with Crippen LogP contribution < -0.4 is 20.3 Å². The van der Waals surface area contributed by atoms with Crippen molar-refractivity contribution in [3.63, 3.8) is 0 Å². The number of amides is 2. The first kappa shape index (κ1) is 18.1. The molecule has 0 radical (unpaired) electrons. The first-order valence-corrected chi connectivity index (χ1v) is 8.86. The fourth-order valence-electron chi connectivity index (χ4n) is 3.00. The molecule has 138 valence electrons. The van der Waals surface area contributed by atoms with Gasteiger partial charge in [-0.05, 0) is 36.2 Å². The van der Waals surface area contributed by atoms with Crippen LogP contribution in [0.15, 0.2) is 48.5 Å². The summed E-state index contributed by atoms with van der Waals surface area (Å²) >= 11 is 0. The van der Waals surface area contributed by atoms with E-state index in [9.17, 15) is 4.79 Å². The third-order valence-electron chi connectivity index (χ3n) is 4.35. The maximum atomic E-state index is 12.2. The van der Waals surface area contributed by atoms with E-state index in [0.717, 1.165) is 49.0 Å². The molecule has 0 aromatic heterocycles. The van der Waals surface area contributed by atoms with Crippen LogP contribution >= 0.6 is 0 Å². The number of urea groups is 1. The van der Waals surface area contributed by atoms with Gasteiger partial charge < -0.3 is 25.0 Å². The average Bonchev–Trinajstić information content (AvgIpc) is 2.69. The molecule has 6 nitrogen and oxygen atoms in total. The maximum Gasteiger partial charge on any atom is 0.319 e. The second kappa shape index (κ2) is 9.10. The van der Waals surface area contributed by atoms with Crippen LogP contribution in [0.3, 0.4) is 0 Å². The lowest BCUT2D eigenvalue weighted by atomic mass is 10.1. The van der Waals surface area contributed by atoms with Gasteiger partial charge in [0.1, 0.15) is 5.75 Å². The molecule has 2 aromatic carbocycles. The van der Waals surface area contributed by atoms with Gasteiger partial charge in [-0.2, -0.15) is 0 Å². The monoisotopic (exact) mass is 355 g/mol. The molecule has 2 N–H and O–H groups in total. The summed E-state index contributed by atoms with van der Waals surface area (Å²) in [5.74, 6) is 0.841. The summed E-state index contributed by atoms with van der Waals surface area (Å²) in [7, 11) is 1.65. The molecule has 0 unspecified atom stereocenters. The third-order valence-corrected chi connectivity index (χ3v) is 4.35. The molecule has 1 fully saturated rings. The summed E-state index contributed by atoms with van der Waals surface area (Å²) in [5.41, 5.74) is 2.95. The molecule has 1 aliphatic rings. The molecule has 6 heteroatoms. The van der Waals surface area contributed by atoms with Gasteiger partial charge in [0.25, 0.3) is 0 Å². The van der Waals surface area contributed by atoms with Crippen LogP contribution in [0.1, 0.15) is 5.56 Å². The summed E-state index contributed by atoms with van der Waals surface area (Å²) in [4.78, 5) is 14.4. The number of carbonyl (C=O) groups excluding carboxylic acids is 1. The van der Waals surface area contributed by atoms with Crippen LogP contribution in [-0.2, 0) is 11.2 Å². The third kappa shape index (κ3) is 4.89. The Bertz CT molecular complexity index is 730. The number of anilines is 2. The van der Waals surface area contributed by atoms with Crippen molar-refractivity contribution in [1.29, 1.82) is 0 Å². The molecule has 0 bridgehead atoms. The number of hydrogen-bond donors (Lipinski definition) is 2. The minimum atomic E-state index is -0.209. The quantitative estimate of drug-likeness (QED) is 0.836. The van der Waals surface area contributed by atoms with Crippen molar-refractivity contribution < 1.29 is 14.3 Å². The summed E-state index contributed by atoms with van der Waals surface area (Å²) in [5, 5.41) is 5.79. The summed E-state index contributed by atoms with van der Waals surface area (Å²) < 4.78 is 10.7. The number of para-hydroxylation sites is 1. The number of benzene rings is 2. The van der Waals surface area contributed by atoms with Gasteiger partial charge in [0.2, 0.25) is 0 Å². The summed E-state index contributed by atoms with van der Waals surface area (Å²) in [6.45, 7) is 3.75. The maximum absolute atomic E-state index is 12.2. The van der Waals surface area contributed by atoms with Gasteiger partial charge in [-0.15, -0.1) is 0 Å². The highest BCUT2D eigenvalue weighted by Crippen LogP contribution is 2.20. The minimum Gasteiger partial charge on any atom is -0.496 e. The highest BCUT2D eigenvalue weighted by Gasteiger charge is 2.12. The van der Waals surface area contributed by atoms with E-state index in [4.69, 9.17) is 9.47 Å². The van der Waals surface area contributed by atoms with Crippen molar-refractivity contribution in [1.82, 2.24) is 5.32 Å². The van der Waals surface area contributed by atoms with Gasteiger partial charge in [-0.25, -0.2) is 4.79 Å². The Morgan fingerprint density at radius 1 is 1.15 bits per heavy atom. The second-order valence-electron chi connectivity index (χ2n) is 6.09. The largest absolute Gasteiger partial charge is 0.496 e. The van der Waals surface area contributed by atoms with Gasteiger partial charge in [-0.3, -0.25) is 0 Å². The lowest BCUT2D eigenvalue weighted by Crippen LogP contribution is -2.36. The van der Waals surface area contributed by atoms with E-state index in [1.807, 2.05) is 42.5 Å². The Kier molecular flexibility index (Phi) is 6.33. The van der Waals surface area contributed by atoms with Crippen LogP contribution in [0.4, 0.5) is 16.2 Å². The molecular weight excluding hydrogens is 330 g/mol. The molecule has 1 aliphatic heterocycles. The van der Waals surface area contributed by atoms with Gasteiger partial charge in [0.05, 0.1) is 20.3 Å². The van der Waals surface area contributed by atoms with Crippen molar-refractivity contribution in [2.24, 2.45) is 0 Å². The molecule has 26 heavy (non-hydrogen) atoms. The van der Waals surface area contributed by atoms with Crippen LogP contribution in [-0.4, -0.2) is 46.0 Å². The SMILES string of the molecule is COc1ccccc1CCNC(=O)Nc1cccc(N2CCOCC2)c1. The number of carbonyl (C=O) groups is 1. The van der Waals surface area contributed by atoms with Crippen LogP contribution in [0.5, 0.6) is 5.75 Å². The van der Waals surface area contributed by atoms with E-state index in [-0.39, 0.29) is 6.03 Å². The van der Waals surface area contributed by atoms with E-state index in [1.54, 1.807) is 7.11 Å². The van der Waals surface area contributed by atoms with Gasteiger partial charge in [0.15, 0.2) is 0 Å². The molecular formula is C20H25N3O3. The Morgan fingerprint density at radius 3 is 2.77 bits per heavy atom. The number of hydrogen-bond acceptors (Lipinski definition) is 4. The molecule has 0 saturated carbocycles. The molecule has 0 spiro atoms. The van der Waals surface area contributed by atoms with E-state index in [1.165, 1.54) is 0 Å². The number of methoxy groups -OCH3 is 1. The number of rotatable bonds is 6. The highest BCUT2D eigenvalue weighted by atomic mass is 16.5. The lowest BCUT2D eigenvalue weighted by molar-refractivity contribution is 0.122. The fraction of sp³-hybridized carbons (Fsp3) is 0.350. The fourth-order valence-corrected chi connectivity index (χ4v) is 3.00. The Balaban J connectivity index is 1.50. The Labute approximate surface area is 154 Å². The van der Waals surface area contributed by atoms with E-state index in [2.05, 4.69) is 21.6 Å². The predicted molar refractivity (Wildman–Crippen MR) is 103 cm³/mol. The van der Waals surface area contributed by atoms with Crippen LogP contribution in [0, 0.1) is 0 Å². The molecule has 2 aromatic rings. The normalized spacial score (nSPS) is 14.0. The Morgan fingerprint density at radius 2 is 1.96 bits per heavy atom. The second-order valence-corrected chi connectivity index (χ2v) is 6.09. The van der Waals surface area contributed by atoms with Gasteiger partial charge >= 0.3 is 6.03 Å². The Hall–Kier alpha value is -2.73. The van der Waals surface area contributed by atoms with E-state index in [0.29, 0.717) is 13.0 Å². The van der Waals surface area contributed by atoms with Crippen molar-refractivity contribution in [3.05, 3.63) is 54.1 Å². The number of nitrogens with one attached hydrogen (secondary N) is 2. The number of morpholine rings is 1. The van der Waals surface area contributed by atoms with Crippen molar-refractivity contribution in [3.8, 4) is 5.75 Å². The topological polar surface area (TPSA) is 62.8 Å². The molecule has 1 heterocycles. The first-order chi connectivity index (χ1) is 12.8. The van der Waals surface area contributed by atoms with Crippen molar-refractivity contribution in [2.45, 2.75) is 6.42 Å². The van der Waals surface area contributed by atoms with Gasteiger partial charge in [0, 0.05) is 31.0 Å². The molecule has 2 amide bonds. The van der Waals surface area contributed by atoms with Crippen LogP contribution in [0.2, 0.25) is 0 Å². The summed E-state index contributed by atoms with van der Waals surface area (Å²) in [6.07, 6.45) is 0.714. The minimum absolute atomic E-state index is 0.209. The molecule has 3 rings (SSSR count). The molecule has 0 atom stereocenters. The smallest absolute Gasteiger partial charge is 0.319 e. The predicted octanol–water partition coefficient (Wildman–Crippen LogP) is 2.90. The van der Waals surface area contributed by atoms with Crippen molar-refractivity contribution >= 4 is 17.4 Å². The highest BCUT2D eigenvalue weighted by molar-refractivity contribution is 5.89. The summed E-state index contributed by atoms with van der Waals surface area (Å²) in [6, 6.07) is 15.5. The molecule has 1 saturated heterocycles. The molecule has 0 aliphatic carbocycles. The first-order valence-electron chi connectivity index (χ1n) is 8.86. The number of nitrogens with zero attached hydrogens (tertiary/aromatic N) is 1. The van der Waals surface area contributed by atoms with E-state index < -0.39 is 0 Å². The lowest BCUT2D eigenvalue weighted by Gasteiger charge is -2.29.